The van der Waals surface area contributed by atoms with Gasteiger partial charge in [0, 0.05) is 44.5 Å². The van der Waals surface area contributed by atoms with Crippen LogP contribution in [0.25, 0.3) is 11.0 Å². The fraction of sp³-hybridized carbons (Fsp3) is 0.286. The van der Waals surface area contributed by atoms with Gasteiger partial charge in [0.1, 0.15) is 28.9 Å². The smallest absolute Gasteiger partial charge is 0.252 e. The van der Waals surface area contributed by atoms with Crippen LogP contribution < -0.4 is 10.5 Å². The van der Waals surface area contributed by atoms with E-state index in [-0.39, 0.29) is 34.8 Å². The number of halogens is 2. The lowest BCUT2D eigenvalue weighted by Crippen LogP contribution is -2.58. The summed E-state index contributed by atoms with van der Waals surface area (Å²) in [6, 6.07) is 15.3. The quantitative estimate of drug-likeness (QED) is 0.419. The Balaban J connectivity index is 1.57. The second-order valence-corrected chi connectivity index (χ2v) is 9.47. The van der Waals surface area contributed by atoms with E-state index >= 15 is 4.39 Å². The van der Waals surface area contributed by atoms with E-state index in [2.05, 4.69) is 25.8 Å². The third-order valence-electron chi connectivity index (χ3n) is 7.09. The normalized spacial score (nSPS) is 19.1. The van der Waals surface area contributed by atoms with Crippen molar-refractivity contribution in [3.63, 3.8) is 0 Å². The highest BCUT2D eigenvalue weighted by Crippen LogP contribution is 2.36. The Morgan fingerprint density at radius 1 is 1.05 bits per heavy atom. The van der Waals surface area contributed by atoms with Gasteiger partial charge in [0.15, 0.2) is 0 Å². The summed E-state index contributed by atoms with van der Waals surface area (Å²) in [6.07, 6.45) is 1.56. The van der Waals surface area contributed by atoms with Crippen molar-refractivity contribution in [3.8, 4) is 6.07 Å². The highest BCUT2D eigenvalue weighted by Gasteiger charge is 2.37. The molecule has 0 saturated carbocycles. The van der Waals surface area contributed by atoms with Gasteiger partial charge in [-0.2, -0.15) is 5.26 Å². The van der Waals surface area contributed by atoms with Crippen LogP contribution in [-0.2, 0) is 7.05 Å². The number of aryl methyl sites for hydroxylation is 1. The van der Waals surface area contributed by atoms with E-state index in [0.717, 1.165) is 5.56 Å². The molecule has 7 nitrogen and oxygen atoms in total. The van der Waals surface area contributed by atoms with Crippen molar-refractivity contribution in [2.45, 2.75) is 32.0 Å². The summed E-state index contributed by atoms with van der Waals surface area (Å²) >= 11 is 0. The van der Waals surface area contributed by atoms with Crippen molar-refractivity contribution in [3.05, 3.63) is 99.7 Å². The van der Waals surface area contributed by atoms with Crippen molar-refractivity contribution in [1.82, 2.24) is 19.4 Å². The first-order valence-corrected chi connectivity index (χ1v) is 12.1. The van der Waals surface area contributed by atoms with Gasteiger partial charge in [-0.05, 0) is 55.8 Å². The Labute approximate surface area is 213 Å². The number of pyridine rings is 3. The molecule has 3 aromatic heterocycles. The van der Waals surface area contributed by atoms with Gasteiger partial charge in [-0.25, -0.2) is 13.8 Å². The van der Waals surface area contributed by atoms with E-state index in [1.165, 1.54) is 22.8 Å². The predicted molar refractivity (Wildman–Crippen MR) is 137 cm³/mol. The third-order valence-corrected chi connectivity index (χ3v) is 7.09. The summed E-state index contributed by atoms with van der Waals surface area (Å²) in [4.78, 5) is 26.0. The summed E-state index contributed by atoms with van der Waals surface area (Å²) in [5, 5.41) is 9.41. The second kappa shape index (κ2) is 9.71. The summed E-state index contributed by atoms with van der Waals surface area (Å²) in [5.41, 5.74) is 3.01. The van der Waals surface area contributed by atoms with Gasteiger partial charge < -0.3 is 9.47 Å². The zero-order chi connectivity index (χ0) is 26.3. The van der Waals surface area contributed by atoms with Crippen LogP contribution in [0, 0.1) is 23.0 Å². The predicted octanol–water partition coefficient (Wildman–Crippen LogP) is 4.17. The number of nitriles is 1. The number of benzene rings is 1. The molecular formula is C28H26F2N6O. The first-order valence-electron chi connectivity index (χ1n) is 12.1. The zero-order valence-corrected chi connectivity index (χ0v) is 20.8. The van der Waals surface area contributed by atoms with Crippen LogP contribution in [0.2, 0.25) is 0 Å². The number of hydrogen-bond donors (Lipinski definition) is 0. The van der Waals surface area contributed by atoms with Crippen molar-refractivity contribution in [2.75, 3.05) is 18.0 Å². The fourth-order valence-corrected chi connectivity index (χ4v) is 5.19. The van der Waals surface area contributed by atoms with Gasteiger partial charge in [0.05, 0.1) is 22.9 Å². The van der Waals surface area contributed by atoms with Gasteiger partial charge in [0.2, 0.25) is 0 Å². The van der Waals surface area contributed by atoms with E-state index in [1.807, 2.05) is 13.8 Å². The molecule has 0 amide bonds. The number of fused-ring (bicyclic) bond motifs is 1. The first kappa shape index (κ1) is 24.5. The maximum absolute atomic E-state index is 15.0. The minimum Gasteiger partial charge on any atom is -0.364 e. The van der Waals surface area contributed by atoms with E-state index in [4.69, 9.17) is 0 Å². The highest BCUT2D eigenvalue weighted by molar-refractivity contribution is 5.89. The molecule has 1 aliphatic rings. The van der Waals surface area contributed by atoms with Gasteiger partial charge in [-0.15, -0.1) is 0 Å². The monoisotopic (exact) mass is 500 g/mol. The van der Waals surface area contributed by atoms with Gasteiger partial charge in [0.25, 0.3) is 5.56 Å². The average Bonchev–Trinajstić information content (AvgIpc) is 2.90. The SMILES string of the molecule is C[C@@H]1CN(c2cc(=O)n(C)c3ccc(C#N)nc23)[C@@H](C)CN1C(c1ccc(F)cc1)c1ncccc1F. The first-order chi connectivity index (χ1) is 17.8. The summed E-state index contributed by atoms with van der Waals surface area (Å²) in [7, 11) is 1.68. The number of hydrogen-bond acceptors (Lipinski definition) is 6. The van der Waals surface area contributed by atoms with E-state index < -0.39 is 11.9 Å². The van der Waals surface area contributed by atoms with E-state index in [9.17, 15) is 14.4 Å². The maximum atomic E-state index is 15.0. The molecule has 1 fully saturated rings. The van der Waals surface area contributed by atoms with Crippen LogP contribution in [-0.4, -0.2) is 44.6 Å². The molecule has 0 N–H and O–H groups in total. The molecular weight excluding hydrogens is 474 g/mol. The van der Waals surface area contributed by atoms with E-state index in [0.29, 0.717) is 29.8 Å². The number of piperazine rings is 1. The van der Waals surface area contributed by atoms with Crippen LogP contribution >= 0.6 is 0 Å². The van der Waals surface area contributed by atoms with Crippen LogP contribution in [0.15, 0.2) is 65.6 Å². The lowest BCUT2D eigenvalue weighted by Gasteiger charge is -2.48. The Kier molecular flexibility index (Phi) is 6.44. The Bertz CT molecular complexity index is 1560. The number of nitrogens with zero attached hydrogens (tertiary/aromatic N) is 6. The molecule has 3 atom stereocenters. The van der Waals surface area contributed by atoms with Crippen molar-refractivity contribution >= 4 is 16.7 Å². The van der Waals surface area contributed by atoms with E-state index in [1.54, 1.807) is 49.6 Å². The molecule has 37 heavy (non-hydrogen) atoms. The molecule has 4 heterocycles. The molecule has 1 saturated heterocycles. The molecule has 0 radical (unpaired) electrons. The molecule has 4 aromatic rings. The molecule has 1 unspecified atom stereocenters. The largest absolute Gasteiger partial charge is 0.364 e. The molecule has 1 aliphatic heterocycles. The Morgan fingerprint density at radius 3 is 2.51 bits per heavy atom. The van der Waals surface area contributed by atoms with Gasteiger partial charge >= 0.3 is 0 Å². The number of anilines is 1. The number of rotatable bonds is 4. The van der Waals surface area contributed by atoms with Gasteiger partial charge in [-0.3, -0.25) is 14.7 Å². The molecule has 1 aromatic carbocycles. The lowest BCUT2D eigenvalue weighted by molar-refractivity contribution is 0.125. The summed E-state index contributed by atoms with van der Waals surface area (Å²) in [5.74, 6) is -0.790. The number of aromatic nitrogens is 3. The van der Waals surface area contributed by atoms with Crippen LogP contribution in [0.5, 0.6) is 0 Å². The average molecular weight is 501 g/mol. The van der Waals surface area contributed by atoms with Crippen molar-refractivity contribution in [1.29, 1.82) is 5.26 Å². The standard InChI is InChI=1S/C28H26F2N6O/c1-17-16-36(28(19-6-8-20(29)9-7-19)26-22(30)5-4-12-32-26)18(2)15-35(17)24-13-25(37)34(3)23-11-10-21(14-31)33-27(23)24/h4-13,17-18,28H,15-16H2,1-3H3/t17-,18+,28?/m0/s1. The molecule has 9 heteroatoms. The molecule has 0 spiro atoms. The minimum atomic E-state index is -0.523. The fourth-order valence-electron chi connectivity index (χ4n) is 5.19. The summed E-state index contributed by atoms with van der Waals surface area (Å²) < 4.78 is 30.3. The van der Waals surface area contributed by atoms with Crippen LogP contribution in [0.1, 0.15) is 36.8 Å². The zero-order valence-electron chi connectivity index (χ0n) is 20.8. The molecule has 0 bridgehead atoms. The van der Waals surface area contributed by atoms with Crippen LogP contribution in [0.3, 0.4) is 0 Å². The highest BCUT2D eigenvalue weighted by atomic mass is 19.1. The Hall–Kier alpha value is -4.16. The molecule has 5 rings (SSSR count). The van der Waals surface area contributed by atoms with Crippen LogP contribution in [0.4, 0.5) is 14.5 Å². The van der Waals surface area contributed by atoms with Crippen molar-refractivity contribution in [2.24, 2.45) is 7.05 Å². The molecule has 0 aliphatic carbocycles. The summed E-state index contributed by atoms with van der Waals surface area (Å²) in [6.45, 7) is 5.11. The lowest BCUT2D eigenvalue weighted by atomic mass is 9.96. The third kappa shape index (κ3) is 4.45. The Morgan fingerprint density at radius 2 is 1.81 bits per heavy atom. The second-order valence-electron chi connectivity index (χ2n) is 9.47. The molecule has 188 valence electrons. The maximum Gasteiger partial charge on any atom is 0.252 e. The topological polar surface area (TPSA) is 78.0 Å². The van der Waals surface area contributed by atoms with Crippen molar-refractivity contribution < 1.29 is 8.78 Å². The van der Waals surface area contributed by atoms with Gasteiger partial charge in [-0.1, -0.05) is 12.1 Å². The minimum absolute atomic E-state index is 0.0891.